The number of rotatable bonds is 10. The molecular formula is C25H30N2O12S2. The Kier molecular flexibility index (Phi) is 11.6. The van der Waals surface area contributed by atoms with Gasteiger partial charge in [-0.15, -0.1) is 0 Å². The quantitative estimate of drug-likeness (QED) is 0.135. The SMILES string of the molecule is CCCCC1CCC(C(=O)O)CC1.O=[N+]([O-])c1ccc(C=Cc2ccc([N+](=O)[O-])cc2S(=O)(=O)O)c(S(=O)(=O)O)c1. The Morgan fingerprint density at radius 2 is 1.27 bits per heavy atom. The fourth-order valence-electron chi connectivity index (χ4n) is 4.37. The van der Waals surface area contributed by atoms with Crippen LogP contribution in [0.15, 0.2) is 46.2 Å². The van der Waals surface area contributed by atoms with Crippen LogP contribution in [0.3, 0.4) is 0 Å². The maximum atomic E-state index is 11.5. The molecule has 1 fully saturated rings. The lowest BCUT2D eigenvalue weighted by atomic mass is 9.80. The Balaban J connectivity index is 0.000000377. The Labute approximate surface area is 236 Å². The second-order valence-electron chi connectivity index (χ2n) is 9.44. The van der Waals surface area contributed by atoms with E-state index in [2.05, 4.69) is 6.92 Å². The van der Waals surface area contributed by atoms with E-state index in [4.69, 9.17) is 5.11 Å². The van der Waals surface area contributed by atoms with Crippen LogP contribution in [0, 0.1) is 32.1 Å². The van der Waals surface area contributed by atoms with Crippen LogP contribution in [0.2, 0.25) is 0 Å². The Bertz CT molecular complexity index is 1430. The molecule has 224 valence electrons. The van der Waals surface area contributed by atoms with Gasteiger partial charge in [0.1, 0.15) is 9.79 Å². The Morgan fingerprint density at radius 3 is 1.59 bits per heavy atom. The molecule has 1 aliphatic carbocycles. The van der Waals surface area contributed by atoms with Crippen LogP contribution in [-0.2, 0) is 25.0 Å². The molecule has 0 atom stereocenters. The third-order valence-corrected chi connectivity index (χ3v) is 8.39. The van der Waals surface area contributed by atoms with Crippen molar-refractivity contribution in [2.75, 3.05) is 0 Å². The summed E-state index contributed by atoms with van der Waals surface area (Å²) < 4.78 is 64.4. The maximum Gasteiger partial charge on any atom is 0.306 e. The maximum absolute atomic E-state index is 11.5. The van der Waals surface area contributed by atoms with Gasteiger partial charge in [0.15, 0.2) is 0 Å². The largest absolute Gasteiger partial charge is 0.481 e. The zero-order valence-electron chi connectivity index (χ0n) is 22.0. The van der Waals surface area contributed by atoms with E-state index >= 15 is 0 Å². The summed E-state index contributed by atoms with van der Waals surface area (Å²) in [7, 11) is -9.73. The molecule has 0 heterocycles. The summed E-state index contributed by atoms with van der Waals surface area (Å²) in [6, 6.07) is 5.11. The van der Waals surface area contributed by atoms with Crippen molar-refractivity contribution in [1.29, 1.82) is 0 Å². The van der Waals surface area contributed by atoms with E-state index in [1.165, 1.54) is 19.3 Å². The van der Waals surface area contributed by atoms with Crippen molar-refractivity contribution in [3.05, 3.63) is 67.8 Å². The minimum absolute atomic E-state index is 0.0436. The number of non-ortho nitro benzene ring substituents is 2. The molecule has 3 N–H and O–H groups in total. The Morgan fingerprint density at radius 1 is 0.854 bits per heavy atom. The number of nitrogens with zero attached hydrogens (tertiary/aromatic N) is 2. The first-order valence-corrected chi connectivity index (χ1v) is 15.3. The number of carboxylic acid groups (broad SMARTS) is 1. The van der Waals surface area contributed by atoms with Crippen LogP contribution in [0.25, 0.3) is 12.2 Å². The van der Waals surface area contributed by atoms with Crippen LogP contribution in [0.5, 0.6) is 0 Å². The van der Waals surface area contributed by atoms with E-state index in [0.717, 1.165) is 68.0 Å². The first-order chi connectivity index (χ1) is 19.0. The lowest BCUT2D eigenvalue weighted by Crippen LogP contribution is -2.21. The first kappa shape index (κ1) is 33.5. The van der Waals surface area contributed by atoms with Gasteiger partial charge < -0.3 is 5.11 Å². The molecule has 2 aromatic carbocycles. The average molecular weight is 615 g/mol. The van der Waals surface area contributed by atoms with Crippen molar-refractivity contribution in [2.24, 2.45) is 11.8 Å². The molecule has 3 rings (SSSR count). The lowest BCUT2D eigenvalue weighted by Gasteiger charge is -2.25. The predicted molar refractivity (Wildman–Crippen MR) is 147 cm³/mol. The minimum atomic E-state index is -4.86. The zero-order chi connectivity index (χ0) is 31.0. The number of aliphatic carboxylic acids is 1. The fourth-order valence-corrected chi connectivity index (χ4v) is 5.77. The summed E-state index contributed by atoms with van der Waals surface area (Å²) in [4.78, 5) is 28.8. The van der Waals surface area contributed by atoms with E-state index in [1.54, 1.807) is 0 Å². The van der Waals surface area contributed by atoms with Gasteiger partial charge in [-0.25, -0.2) is 0 Å². The summed E-state index contributed by atoms with van der Waals surface area (Å²) in [5.74, 6) is 0.183. The number of hydrogen-bond donors (Lipinski definition) is 3. The van der Waals surface area contributed by atoms with Gasteiger partial charge in [0.05, 0.1) is 15.8 Å². The van der Waals surface area contributed by atoms with Gasteiger partial charge in [0, 0.05) is 24.3 Å². The number of carbonyl (C=O) groups is 1. The molecule has 1 aliphatic rings. The van der Waals surface area contributed by atoms with Gasteiger partial charge in [-0.05, 0) is 54.9 Å². The molecule has 1 saturated carbocycles. The number of nitro benzene ring substituents is 2. The summed E-state index contributed by atoms with van der Waals surface area (Å²) in [6.45, 7) is 2.21. The summed E-state index contributed by atoms with van der Waals surface area (Å²) in [6.07, 6.45) is 9.97. The van der Waals surface area contributed by atoms with E-state index in [9.17, 15) is 51.0 Å². The van der Waals surface area contributed by atoms with Crippen LogP contribution in [0.1, 0.15) is 63.0 Å². The Hall–Kier alpha value is -3.73. The lowest BCUT2D eigenvalue weighted by molar-refractivity contribution is -0.385. The molecule has 0 aromatic heterocycles. The second kappa shape index (κ2) is 14.2. The van der Waals surface area contributed by atoms with Crippen LogP contribution < -0.4 is 0 Å². The normalized spacial score (nSPS) is 17.4. The van der Waals surface area contributed by atoms with Crippen molar-refractivity contribution in [3.63, 3.8) is 0 Å². The molecule has 0 amide bonds. The van der Waals surface area contributed by atoms with Crippen molar-refractivity contribution < 1.29 is 45.7 Å². The van der Waals surface area contributed by atoms with E-state index in [1.807, 2.05) is 0 Å². The van der Waals surface area contributed by atoms with E-state index in [-0.39, 0.29) is 17.0 Å². The topological polar surface area (TPSA) is 232 Å². The third kappa shape index (κ3) is 10.00. The third-order valence-electron chi connectivity index (χ3n) is 6.58. The van der Waals surface area contributed by atoms with Gasteiger partial charge in [0.2, 0.25) is 0 Å². The summed E-state index contributed by atoms with van der Waals surface area (Å²) in [5, 5.41) is 30.3. The number of benzene rings is 2. The highest BCUT2D eigenvalue weighted by Crippen LogP contribution is 2.32. The van der Waals surface area contributed by atoms with Crippen LogP contribution in [-0.4, -0.2) is 46.9 Å². The molecule has 2 aromatic rings. The molecule has 0 spiro atoms. The van der Waals surface area contributed by atoms with Crippen LogP contribution >= 0.6 is 0 Å². The van der Waals surface area contributed by atoms with Gasteiger partial charge in [-0.1, -0.05) is 38.3 Å². The summed E-state index contributed by atoms with van der Waals surface area (Å²) >= 11 is 0. The van der Waals surface area contributed by atoms with E-state index in [0.29, 0.717) is 12.1 Å². The first-order valence-electron chi connectivity index (χ1n) is 12.5. The van der Waals surface area contributed by atoms with Gasteiger partial charge >= 0.3 is 5.97 Å². The number of nitro groups is 2. The van der Waals surface area contributed by atoms with Crippen LogP contribution in [0.4, 0.5) is 11.4 Å². The fraction of sp³-hybridized carbons (Fsp3) is 0.400. The molecule has 0 unspecified atom stereocenters. The second-order valence-corrected chi connectivity index (χ2v) is 12.2. The predicted octanol–water partition coefficient (Wildman–Crippen LogP) is 5.23. The van der Waals surface area contributed by atoms with Gasteiger partial charge in [-0.3, -0.25) is 34.1 Å². The molecular weight excluding hydrogens is 584 g/mol. The molecule has 0 saturated heterocycles. The van der Waals surface area contributed by atoms with Gasteiger partial charge in [-0.2, -0.15) is 16.8 Å². The molecule has 41 heavy (non-hydrogen) atoms. The highest BCUT2D eigenvalue weighted by atomic mass is 32.2. The van der Waals surface area contributed by atoms with Crippen molar-refractivity contribution in [2.45, 2.75) is 61.7 Å². The van der Waals surface area contributed by atoms with Gasteiger partial charge in [0.25, 0.3) is 31.6 Å². The highest BCUT2D eigenvalue weighted by molar-refractivity contribution is 7.86. The van der Waals surface area contributed by atoms with Crippen molar-refractivity contribution >= 4 is 49.7 Å². The minimum Gasteiger partial charge on any atom is -0.481 e. The average Bonchev–Trinajstić information content (AvgIpc) is 2.90. The highest BCUT2D eigenvalue weighted by Gasteiger charge is 2.25. The van der Waals surface area contributed by atoms with Crippen molar-refractivity contribution in [3.8, 4) is 0 Å². The summed E-state index contributed by atoms with van der Waals surface area (Å²) in [5.41, 5.74) is -1.68. The number of carboxylic acids is 1. The number of unbranched alkanes of at least 4 members (excludes halogenated alkanes) is 1. The van der Waals surface area contributed by atoms with Crippen molar-refractivity contribution in [1.82, 2.24) is 0 Å². The molecule has 14 nitrogen and oxygen atoms in total. The number of hydrogen-bond acceptors (Lipinski definition) is 9. The standard InChI is InChI=1S/C14H10N2O10S2.C11H20O2/c17-15(18)11-5-3-9(13(7-11)27(21,22)23)1-2-10-4-6-12(16(19)20)8-14(10)28(24,25)26;1-2-3-4-9-5-7-10(8-6-9)11(12)13/h1-8H,(H,21,22,23)(H,24,25,26);9-10H,2-8H2,1H3,(H,12,13). The van der Waals surface area contributed by atoms with E-state index < -0.39 is 57.2 Å². The zero-order valence-corrected chi connectivity index (χ0v) is 23.6. The molecule has 0 radical (unpaired) electrons. The molecule has 16 heteroatoms. The molecule has 0 aliphatic heterocycles. The smallest absolute Gasteiger partial charge is 0.306 e. The molecule has 0 bridgehead atoms. The monoisotopic (exact) mass is 614 g/mol.